The van der Waals surface area contributed by atoms with Gasteiger partial charge in [0.25, 0.3) is 0 Å². The van der Waals surface area contributed by atoms with Crippen LogP contribution < -0.4 is 24.7 Å². The zero-order valence-electron chi connectivity index (χ0n) is 17.6. The van der Waals surface area contributed by atoms with Crippen molar-refractivity contribution >= 4 is 28.7 Å². The molecule has 2 N–H and O–H groups in total. The summed E-state index contributed by atoms with van der Waals surface area (Å²) >= 11 is 1.46. The van der Waals surface area contributed by atoms with Gasteiger partial charge in [-0.15, -0.1) is 0 Å². The summed E-state index contributed by atoms with van der Waals surface area (Å²) in [7, 11) is 3.27. The van der Waals surface area contributed by atoms with E-state index in [1.54, 1.807) is 14.2 Å². The molecule has 0 fully saturated rings. The van der Waals surface area contributed by atoms with Crippen LogP contribution in [0.3, 0.4) is 0 Å². The minimum absolute atomic E-state index is 0.254. The average Bonchev–Trinajstić information content (AvgIpc) is 3.42. The molecular weight excluding hydrogens is 430 g/mol. The molecular formula is C22H21N5O4S. The van der Waals surface area contributed by atoms with Crippen LogP contribution in [0.15, 0.2) is 52.8 Å². The summed E-state index contributed by atoms with van der Waals surface area (Å²) in [5.41, 5.74) is 8.46. The van der Waals surface area contributed by atoms with Gasteiger partial charge in [-0.2, -0.15) is 0 Å². The molecule has 3 heterocycles. The summed E-state index contributed by atoms with van der Waals surface area (Å²) in [6.45, 7) is 0.894. The number of nitrogen functional groups attached to an aromatic ring is 1. The number of hydrogen-bond acceptors (Lipinski definition) is 9. The highest BCUT2D eigenvalue weighted by Gasteiger charge is 2.19. The minimum Gasteiger partial charge on any atom is -0.497 e. The van der Waals surface area contributed by atoms with Gasteiger partial charge < -0.3 is 29.2 Å². The normalized spacial score (nSPS) is 12.3. The van der Waals surface area contributed by atoms with Crippen LogP contribution in [-0.4, -0.2) is 40.5 Å². The van der Waals surface area contributed by atoms with Gasteiger partial charge in [0, 0.05) is 6.54 Å². The Bertz CT molecular complexity index is 1290. The highest BCUT2D eigenvalue weighted by atomic mass is 32.2. The second kappa shape index (κ2) is 8.46. The van der Waals surface area contributed by atoms with Crippen LogP contribution in [-0.2, 0) is 13.0 Å². The number of nitrogens with two attached hydrogens (primary N) is 1. The standard InChI is InChI=1S/C22H21N5O4S/c1-28-14-4-6-16(29-2)18(10-14)32-22-26-19-20(23)24-11-25-21(19)27(22)8-7-13-3-5-15-17(9-13)31-12-30-15/h3-6,9-11H,7-8,12H2,1-2H3,(H2,23,24,25). The van der Waals surface area contributed by atoms with Crippen molar-refractivity contribution in [2.45, 2.75) is 23.0 Å². The maximum Gasteiger partial charge on any atom is 0.231 e. The predicted octanol–water partition coefficient (Wildman–Crippen LogP) is 3.55. The fourth-order valence-electron chi connectivity index (χ4n) is 3.51. The third-order valence-electron chi connectivity index (χ3n) is 5.16. The summed E-state index contributed by atoms with van der Waals surface area (Å²) in [6.07, 6.45) is 2.20. The molecule has 164 valence electrons. The van der Waals surface area contributed by atoms with Crippen LogP contribution in [0.25, 0.3) is 11.2 Å². The summed E-state index contributed by atoms with van der Waals surface area (Å²) in [5, 5.41) is 0.736. The Labute approximate surface area is 188 Å². The lowest BCUT2D eigenvalue weighted by molar-refractivity contribution is 0.174. The molecule has 0 radical (unpaired) electrons. The summed E-state index contributed by atoms with van der Waals surface area (Å²) < 4.78 is 23.9. The van der Waals surface area contributed by atoms with Crippen LogP contribution in [0.2, 0.25) is 0 Å². The van der Waals surface area contributed by atoms with E-state index < -0.39 is 0 Å². The Hall–Kier alpha value is -3.66. The van der Waals surface area contributed by atoms with Gasteiger partial charge in [-0.25, -0.2) is 15.0 Å². The Morgan fingerprint density at radius 1 is 1.06 bits per heavy atom. The third kappa shape index (κ3) is 3.73. The Balaban J connectivity index is 1.50. The summed E-state index contributed by atoms with van der Waals surface area (Å²) in [5.74, 6) is 3.33. The van der Waals surface area contributed by atoms with E-state index in [0.717, 1.165) is 45.0 Å². The average molecular weight is 452 g/mol. The zero-order chi connectivity index (χ0) is 22.1. The number of fused-ring (bicyclic) bond motifs is 2. The smallest absolute Gasteiger partial charge is 0.231 e. The molecule has 5 rings (SSSR count). The van der Waals surface area contributed by atoms with Gasteiger partial charge in [0.1, 0.15) is 17.8 Å². The van der Waals surface area contributed by atoms with E-state index in [4.69, 9.17) is 29.7 Å². The van der Waals surface area contributed by atoms with Crippen molar-refractivity contribution in [1.82, 2.24) is 19.5 Å². The lowest BCUT2D eigenvalue weighted by Crippen LogP contribution is -2.04. The quantitative estimate of drug-likeness (QED) is 0.451. The molecule has 0 aliphatic carbocycles. The number of nitrogens with zero attached hydrogens (tertiary/aromatic N) is 4. The van der Waals surface area contributed by atoms with Crippen LogP contribution in [0.1, 0.15) is 5.56 Å². The SMILES string of the molecule is COc1ccc(OC)c(Sc2nc3c(N)ncnc3n2CCc2ccc3c(c2)OCO3)c1. The monoisotopic (exact) mass is 451 g/mol. The number of hydrogen-bond donors (Lipinski definition) is 1. The largest absolute Gasteiger partial charge is 0.497 e. The van der Waals surface area contributed by atoms with Crippen molar-refractivity contribution in [3.63, 3.8) is 0 Å². The van der Waals surface area contributed by atoms with E-state index in [2.05, 4.69) is 9.97 Å². The molecule has 4 aromatic rings. The molecule has 1 aliphatic heterocycles. The highest BCUT2D eigenvalue weighted by molar-refractivity contribution is 7.99. The lowest BCUT2D eigenvalue weighted by atomic mass is 10.1. The van der Waals surface area contributed by atoms with Gasteiger partial charge in [-0.05, 0) is 54.1 Å². The van der Waals surface area contributed by atoms with Gasteiger partial charge in [0.2, 0.25) is 6.79 Å². The topological polar surface area (TPSA) is 107 Å². The molecule has 1 aliphatic rings. The Morgan fingerprint density at radius 2 is 1.94 bits per heavy atom. The van der Waals surface area contributed by atoms with E-state index in [-0.39, 0.29) is 6.79 Å². The van der Waals surface area contributed by atoms with E-state index in [0.29, 0.717) is 23.5 Å². The van der Waals surface area contributed by atoms with E-state index in [1.807, 2.05) is 41.0 Å². The van der Waals surface area contributed by atoms with Crippen molar-refractivity contribution in [3.05, 3.63) is 48.3 Å². The number of aromatic nitrogens is 4. The first kappa shape index (κ1) is 20.3. The number of ether oxygens (including phenoxy) is 4. The van der Waals surface area contributed by atoms with Gasteiger partial charge in [-0.1, -0.05) is 6.07 Å². The van der Waals surface area contributed by atoms with Gasteiger partial charge in [0.05, 0.1) is 19.1 Å². The number of benzene rings is 2. The maximum atomic E-state index is 6.09. The number of methoxy groups -OCH3 is 2. The predicted molar refractivity (Wildman–Crippen MR) is 120 cm³/mol. The van der Waals surface area contributed by atoms with E-state index in [1.165, 1.54) is 18.1 Å². The van der Waals surface area contributed by atoms with Gasteiger partial charge in [-0.3, -0.25) is 0 Å². The molecule has 9 nitrogen and oxygen atoms in total. The highest BCUT2D eigenvalue weighted by Crippen LogP contribution is 2.39. The molecule has 0 bridgehead atoms. The van der Waals surface area contributed by atoms with E-state index in [9.17, 15) is 0 Å². The molecule has 0 saturated carbocycles. The number of anilines is 1. The number of imidazole rings is 1. The fourth-order valence-corrected chi connectivity index (χ4v) is 4.56. The zero-order valence-corrected chi connectivity index (χ0v) is 18.4. The fraction of sp³-hybridized carbons (Fsp3) is 0.227. The van der Waals surface area contributed by atoms with Crippen molar-refractivity contribution < 1.29 is 18.9 Å². The van der Waals surface area contributed by atoms with Gasteiger partial charge in [0.15, 0.2) is 33.6 Å². The molecule has 2 aromatic carbocycles. The molecule has 10 heteroatoms. The molecule has 2 aromatic heterocycles. The van der Waals surface area contributed by atoms with Crippen molar-refractivity contribution in [1.29, 1.82) is 0 Å². The molecule has 0 spiro atoms. The first-order valence-corrected chi connectivity index (χ1v) is 10.7. The van der Waals surface area contributed by atoms with Crippen LogP contribution in [0, 0.1) is 0 Å². The van der Waals surface area contributed by atoms with Crippen molar-refractivity contribution in [2.24, 2.45) is 0 Å². The first-order valence-electron chi connectivity index (χ1n) is 9.91. The summed E-state index contributed by atoms with van der Waals surface area (Å²) in [6, 6.07) is 11.6. The molecule has 0 saturated heterocycles. The second-order valence-electron chi connectivity index (χ2n) is 7.03. The lowest BCUT2D eigenvalue weighted by Gasteiger charge is -2.12. The second-order valence-corrected chi connectivity index (χ2v) is 8.04. The van der Waals surface area contributed by atoms with E-state index >= 15 is 0 Å². The Kier molecular flexibility index (Phi) is 5.36. The van der Waals surface area contributed by atoms with Crippen LogP contribution >= 0.6 is 11.8 Å². The molecule has 32 heavy (non-hydrogen) atoms. The third-order valence-corrected chi connectivity index (χ3v) is 6.19. The minimum atomic E-state index is 0.254. The Morgan fingerprint density at radius 3 is 2.78 bits per heavy atom. The molecule has 0 atom stereocenters. The molecule has 0 unspecified atom stereocenters. The van der Waals surface area contributed by atoms with Crippen molar-refractivity contribution in [2.75, 3.05) is 26.7 Å². The first-order chi connectivity index (χ1) is 15.7. The summed E-state index contributed by atoms with van der Waals surface area (Å²) in [4.78, 5) is 14.2. The van der Waals surface area contributed by atoms with Gasteiger partial charge >= 0.3 is 0 Å². The van der Waals surface area contributed by atoms with Crippen LogP contribution in [0.4, 0.5) is 5.82 Å². The number of rotatable bonds is 7. The maximum absolute atomic E-state index is 6.09. The van der Waals surface area contributed by atoms with Crippen LogP contribution in [0.5, 0.6) is 23.0 Å². The molecule has 0 amide bonds. The van der Waals surface area contributed by atoms with Crippen molar-refractivity contribution in [3.8, 4) is 23.0 Å². The number of aryl methyl sites for hydroxylation is 2.